The lowest BCUT2D eigenvalue weighted by Crippen LogP contribution is -2.41. The summed E-state index contributed by atoms with van der Waals surface area (Å²) in [5, 5.41) is 2.92. The molecule has 0 aliphatic carbocycles. The van der Waals surface area contributed by atoms with E-state index in [4.69, 9.17) is 9.47 Å². The molecule has 1 atom stereocenters. The van der Waals surface area contributed by atoms with E-state index in [1.807, 2.05) is 31.2 Å². The normalized spacial score (nSPS) is 13.5. The number of benzene rings is 1. The molecule has 0 bridgehead atoms. The van der Waals surface area contributed by atoms with E-state index in [0.717, 1.165) is 43.5 Å². The lowest BCUT2D eigenvalue weighted by Gasteiger charge is -2.27. The monoisotopic (exact) mass is 307 g/mol. The van der Waals surface area contributed by atoms with Crippen LogP contribution in [0.1, 0.15) is 52.9 Å². The first-order valence-corrected chi connectivity index (χ1v) is 8.15. The van der Waals surface area contributed by atoms with E-state index in [1.165, 1.54) is 0 Å². The number of rotatable bonds is 10. The molecular weight excluding hydrogens is 278 g/mol. The molecule has 0 aliphatic rings. The Balaban J connectivity index is 2.61. The van der Waals surface area contributed by atoms with Gasteiger partial charge in [0.05, 0.1) is 6.61 Å². The highest BCUT2D eigenvalue weighted by Crippen LogP contribution is 2.22. The molecule has 1 rings (SSSR count). The van der Waals surface area contributed by atoms with Gasteiger partial charge in [-0.15, -0.1) is 0 Å². The number of nitrogens with one attached hydrogen (secondary N) is 1. The van der Waals surface area contributed by atoms with Crippen LogP contribution in [0.5, 0.6) is 5.75 Å². The molecule has 124 valence electrons. The number of amides is 1. The first kappa shape index (κ1) is 18.5. The molecule has 1 amide bonds. The van der Waals surface area contributed by atoms with Gasteiger partial charge >= 0.3 is 0 Å². The van der Waals surface area contributed by atoms with Crippen molar-refractivity contribution in [2.45, 2.75) is 58.5 Å². The lowest BCUT2D eigenvalue weighted by molar-refractivity contribution is -0.136. The number of unbranched alkanes of at least 4 members (excludes halogenated alkanes) is 2. The van der Waals surface area contributed by atoms with E-state index in [0.29, 0.717) is 6.61 Å². The fourth-order valence-corrected chi connectivity index (χ4v) is 2.14. The van der Waals surface area contributed by atoms with Crippen LogP contribution in [-0.2, 0) is 9.53 Å². The Hall–Kier alpha value is -1.55. The summed E-state index contributed by atoms with van der Waals surface area (Å²) in [4.78, 5) is 12.4. The number of anilines is 1. The van der Waals surface area contributed by atoms with Crippen LogP contribution in [-0.4, -0.2) is 25.2 Å². The zero-order valence-electron chi connectivity index (χ0n) is 14.3. The van der Waals surface area contributed by atoms with E-state index < -0.39 is 5.60 Å². The van der Waals surface area contributed by atoms with E-state index >= 15 is 0 Å². The minimum absolute atomic E-state index is 0.103. The van der Waals surface area contributed by atoms with Gasteiger partial charge in [0.25, 0.3) is 5.91 Å². The summed E-state index contributed by atoms with van der Waals surface area (Å²) in [5.74, 6) is 0.714. The number of hydrogen-bond donors (Lipinski definition) is 1. The molecule has 1 aromatic rings. The third-order valence-electron chi connectivity index (χ3n) is 3.77. The fourth-order valence-electron chi connectivity index (χ4n) is 2.14. The number of methoxy groups -OCH3 is 1. The molecule has 0 spiro atoms. The van der Waals surface area contributed by atoms with Crippen molar-refractivity contribution < 1.29 is 14.3 Å². The fraction of sp³-hybridized carbons (Fsp3) is 0.611. The van der Waals surface area contributed by atoms with Gasteiger partial charge < -0.3 is 14.8 Å². The van der Waals surface area contributed by atoms with Crippen LogP contribution in [0.4, 0.5) is 5.69 Å². The zero-order chi connectivity index (χ0) is 16.4. The Kier molecular flexibility index (Phi) is 7.96. The van der Waals surface area contributed by atoms with Gasteiger partial charge in [0, 0.05) is 12.8 Å². The zero-order valence-corrected chi connectivity index (χ0v) is 14.3. The topological polar surface area (TPSA) is 47.6 Å². The molecule has 0 aliphatic heterocycles. The Morgan fingerprint density at radius 2 is 1.82 bits per heavy atom. The maximum Gasteiger partial charge on any atom is 0.256 e. The molecule has 0 radical (unpaired) electrons. The van der Waals surface area contributed by atoms with Crippen molar-refractivity contribution in [1.29, 1.82) is 0 Å². The van der Waals surface area contributed by atoms with Crippen LogP contribution in [0.25, 0.3) is 0 Å². The third kappa shape index (κ3) is 5.68. The average molecular weight is 307 g/mol. The van der Waals surface area contributed by atoms with Crippen molar-refractivity contribution in [1.82, 2.24) is 0 Å². The molecular formula is C18H29NO3. The standard InChI is InChI=1S/C18H29NO3/c1-5-7-8-13-18(3,21-4)17(20)19-15-9-11-16(12-10-15)22-14-6-2/h9-12H,5-8,13-14H2,1-4H3,(H,19,20)/t18-/m0/s1. The third-order valence-corrected chi connectivity index (χ3v) is 3.77. The minimum atomic E-state index is -0.785. The number of ether oxygens (including phenoxy) is 2. The van der Waals surface area contributed by atoms with Crippen LogP contribution >= 0.6 is 0 Å². The molecule has 0 fully saturated rings. The maximum atomic E-state index is 12.4. The quantitative estimate of drug-likeness (QED) is 0.652. The van der Waals surface area contributed by atoms with E-state index in [2.05, 4.69) is 19.2 Å². The first-order valence-electron chi connectivity index (χ1n) is 8.15. The van der Waals surface area contributed by atoms with Crippen molar-refractivity contribution in [3.63, 3.8) is 0 Å². The summed E-state index contributed by atoms with van der Waals surface area (Å²) >= 11 is 0. The van der Waals surface area contributed by atoms with Gasteiger partial charge in [-0.3, -0.25) is 4.79 Å². The first-order chi connectivity index (χ1) is 10.6. The molecule has 4 nitrogen and oxygen atoms in total. The molecule has 0 unspecified atom stereocenters. The van der Waals surface area contributed by atoms with Gasteiger partial charge in [-0.2, -0.15) is 0 Å². The SMILES string of the molecule is CCCCC[C@](C)(OC)C(=O)Nc1ccc(OCCC)cc1. The van der Waals surface area contributed by atoms with E-state index in [-0.39, 0.29) is 5.91 Å². The Morgan fingerprint density at radius 3 is 2.36 bits per heavy atom. The van der Waals surface area contributed by atoms with Gasteiger partial charge in [0.2, 0.25) is 0 Å². The highest BCUT2D eigenvalue weighted by atomic mass is 16.5. The predicted molar refractivity (Wildman–Crippen MR) is 90.4 cm³/mol. The summed E-state index contributed by atoms with van der Waals surface area (Å²) < 4.78 is 11.0. The number of carbonyl (C=O) groups excluding carboxylic acids is 1. The predicted octanol–water partition coefficient (Wildman–Crippen LogP) is 4.40. The smallest absolute Gasteiger partial charge is 0.256 e. The molecule has 0 aromatic heterocycles. The average Bonchev–Trinajstić information content (AvgIpc) is 2.54. The van der Waals surface area contributed by atoms with Crippen LogP contribution in [0, 0.1) is 0 Å². The van der Waals surface area contributed by atoms with Crippen molar-refractivity contribution >= 4 is 11.6 Å². The molecule has 1 aromatic carbocycles. The van der Waals surface area contributed by atoms with Gasteiger partial charge in [0.1, 0.15) is 11.4 Å². The molecule has 1 N–H and O–H groups in total. The summed E-state index contributed by atoms with van der Waals surface area (Å²) in [6.07, 6.45) is 4.91. The van der Waals surface area contributed by atoms with Crippen molar-refractivity contribution in [2.75, 3.05) is 19.0 Å². The Bertz CT molecular complexity index is 444. The van der Waals surface area contributed by atoms with Crippen LogP contribution in [0.15, 0.2) is 24.3 Å². The highest BCUT2D eigenvalue weighted by Gasteiger charge is 2.32. The van der Waals surface area contributed by atoms with Crippen molar-refractivity contribution in [2.24, 2.45) is 0 Å². The number of carbonyl (C=O) groups is 1. The summed E-state index contributed by atoms with van der Waals surface area (Å²) in [5.41, 5.74) is -0.0281. The summed E-state index contributed by atoms with van der Waals surface area (Å²) in [6.45, 7) is 6.76. The second-order valence-corrected chi connectivity index (χ2v) is 5.72. The maximum absolute atomic E-state index is 12.4. The van der Waals surface area contributed by atoms with Crippen LogP contribution in [0.2, 0.25) is 0 Å². The lowest BCUT2D eigenvalue weighted by atomic mass is 9.97. The van der Waals surface area contributed by atoms with Crippen molar-refractivity contribution in [3.8, 4) is 5.75 Å². The molecule has 0 saturated carbocycles. The molecule has 4 heteroatoms. The van der Waals surface area contributed by atoms with E-state index in [1.54, 1.807) is 7.11 Å². The minimum Gasteiger partial charge on any atom is -0.494 e. The van der Waals surface area contributed by atoms with Gasteiger partial charge in [0.15, 0.2) is 0 Å². The van der Waals surface area contributed by atoms with Gasteiger partial charge in [-0.25, -0.2) is 0 Å². The van der Waals surface area contributed by atoms with E-state index in [9.17, 15) is 4.79 Å². The van der Waals surface area contributed by atoms with Crippen LogP contribution < -0.4 is 10.1 Å². The molecule has 0 saturated heterocycles. The van der Waals surface area contributed by atoms with Gasteiger partial charge in [-0.1, -0.05) is 33.1 Å². The molecule has 22 heavy (non-hydrogen) atoms. The Morgan fingerprint density at radius 1 is 1.14 bits per heavy atom. The molecule has 0 heterocycles. The van der Waals surface area contributed by atoms with Crippen LogP contribution in [0.3, 0.4) is 0 Å². The highest BCUT2D eigenvalue weighted by molar-refractivity contribution is 5.97. The largest absolute Gasteiger partial charge is 0.494 e. The second-order valence-electron chi connectivity index (χ2n) is 5.72. The van der Waals surface area contributed by atoms with Gasteiger partial charge in [-0.05, 0) is 44.0 Å². The summed E-state index contributed by atoms with van der Waals surface area (Å²) in [6, 6.07) is 7.44. The second kappa shape index (κ2) is 9.46. The number of hydrogen-bond acceptors (Lipinski definition) is 3. The Labute approximate surface area is 134 Å². The van der Waals surface area contributed by atoms with Crippen molar-refractivity contribution in [3.05, 3.63) is 24.3 Å². The summed E-state index contributed by atoms with van der Waals surface area (Å²) in [7, 11) is 1.59.